The maximum absolute atomic E-state index is 12.4. The SMILES string of the molecule is Cc1ccc(NC(=O)Cc2ccc3c(c2)CCC3)cc1S(=O)(=O)N(C)C. The van der Waals surface area contributed by atoms with Crippen LogP contribution in [0.15, 0.2) is 41.3 Å². The van der Waals surface area contributed by atoms with Gasteiger partial charge in [0, 0.05) is 19.8 Å². The number of rotatable bonds is 5. The van der Waals surface area contributed by atoms with Crippen molar-refractivity contribution in [1.29, 1.82) is 0 Å². The van der Waals surface area contributed by atoms with Gasteiger partial charge in [-0.1, -0.05) is 24.3 Å². The molecule has 0 spiro atoms. The fraction of sp³-hybridized carbons (Fsp3) is 0.350. The van der Waals surface area contributed by atoms with E-state index in [1.165, 1.54) is 42.0 Å². The second-order valence-corrected chi connectivity index (χ2v) is 9.07. The molecule has 6 heteroatoms. The van der Waals surface area contributed by atoms with Crippen LogP contribution in [-0.4, -0.2) is 32.7 Å². The number of nitrogens with zero attached hydrogens (tertiary/aromatic N) is 1. The maximum Gasteiger partial charge on any atom is 0.242 e. The molecular weight excluding hydrogens is 348 g/mol. The Morgan fingerprint density at radius 2 is 1.81 bits per heavy atom. The maximum atomic E-state index is 12.4. The minimum atomic E-state index is -3.55. The summed E-state index contributed by atoms with van der Waals surface area (Å²) in [5.74, 6) is -0.153. The van der Waals surface area contributed by atoms with E-state index in [9.17, 15) is 13.2 Å². The first-order valence-electron chi connectivity index (χ1n) is 8.71. The minimum absolute atomic E-state index is 0.153. The molecule has 2 aromatic carbocycles. The molecule has 0 saturated heterocycles. The third kappa shape index (κ3) is 3.81. The number of benzene rings is 2. The van der Waals surface area contributed by atoms with E-state index < -0.39 is 10.0 Å². The average molecular weight is 372 g/mol. The van der Waals surface area contributed by atoms with Gasteiger partial charge in [-0.2, -0.15) is 0 Å². The van der Waals surface area contributed by atoms with Crippen molar-refractivity contribution in [3.05, 3.63) is 58.7 Å². The van der Waals surface area contributed by atoms with Crippen LogP contribution in [0.5, 0.6) is 0 Å². The van der Waals surface area contributed by atoms with Crippen molar-refractivity contribution in [1.82, 2.24) is 4.31 Å². The molecule has 26 heavy (non-hydrogen) atoms. The Hall–Kier alpha value is -2.18. The van der Waals surface area contributed by atoms with Gasteiger partial charge in [0.05, 0.1) is 11.3 Å². The molecule has 0 atom stereocenters. The Labute approximate surface area is 155 Å². The van der Waals surface area contributed by atoms with Gasteiger partial charge in [0.1, 0.15) is 0 Å². The zero-order chi connectivity index (χ0) is 18.9. The van der Waals surface area contributed by atoms with Crippen LogP contribution in [0.3, 0.4) is 0 Å². The molecule has 5 nitrogen and oxygen atoms in total. The molecule has 0 fully saturated rings. The largest absolute Gasteiger partial charge is 0.326 e. The number of anilines is 1. The lowest BCUT2D eigenvalue weighted by Gasteiger charge is -2.15. The van der Waals surface area contributed by atoms with Gasteiger partial charge < -0.3 is 5.32 Å². The monoisotopic (exact) mass is 372 g/mol. The molecule has 0 aromatic heterocycles. The van der Waals surface area contributed by atoms with E-state index in [-0.39, 0.29) is 17.2 Å². The molecule has 0 bridgehead atoms. The van der Waals surface area contributed by atoms with Crippen molar-refractivity contribution in [3.63, 3.8) is 0 Å². The number of fused-ring (bicyclic) bond motifs is 1. The summed E-state index contributed by atoms with van der Waals surface area (Å²) in [6, 6.07) is 11.2. The van der Waals surface area contributed by atoms with E-state index in [1.54, 1.807) is 19.1 Å². The topological polar surface area (TPSA) is 66.5 Å². The highest BCUT2D eigenvalue weighted by molar-refractivity contribution is 7.89. The van der Waals surface area contributed by atoms with Gasteiger partial charge in [0.15, 0.2) is 0 Å². The fourth-order valence-corrected chi connectivity index (χ4v) is 4.42. The van der Waals surface area contributed by atoms with Crippen molar-refractivity contribution in [3.8, 4) is 0 Å². The summed E-state index contributed by atoms with van der Waals surface area (Å²) >= 11 is 0. The highest BCUT2D eigenvalue weighted by atomic mass is 32.2. The van der Waals surface area contributed by atoms with Crippen LogP contribution in [0, 0.1) is 6.92 Å². The average Bonchev–Trinajstić information content (AvgIpc) is 3.04. The smallest absolute Gasteiger partial charge is 0.242 e. The second kappa shape index (κ2) is 7.21. The summed E-state index contributed by atoms with van der Waals surface area (Å²) in [4.78, 5) is 12.6. The van der Waals surface area contributed by atoms with Crippen LogP contribution in [0.25, 0.3) is 0 Å². The van der Waals surface area contributed by atoms with Crippen LogP contribution >= 0.6 is 0 Å². The van der Waals surface area contributed by atoms with Gasteiger partial charge in [-0.05, 0) is 60.6 Å². The zero-order valence-corrected chi connectivity index (χ0v) is 16.2. The number of hydrogen-bond donors (Lipinski definition) is 1. The van der Waals surface area contributed by atoms with Gasteiger partial charge in [-0.25, -0.2) is 12.7 Å². The summed E-state index contributed by atoms with van der Waals surface area (Å²) < 4.78 is 26.0. The molecule has 3 rings (SSSR count). The van der Waals surface area contributed by atoms with Crippen LogP contribution in [0.2, 0.25) is 0 Å². The molecule has 0 heterocycles. The molecule has 1 N–H and O–H groups in total. The number of sulfonamides is 1. The molecule has 0 unspecified atom stereocenters. The normalized spacial score (nSPS) is 13.7. The minimum Gasteiger partial charge on any atom is -0.326 e. The molecular formula is C20H24N2O3S. The van der Waals surface area contributed by atoms with Crippen molar-refractivity contribution >= 4 is 21.6 Å². The Morgan fingerprint density at radius 1 is 1.08 bits per heavy atom. The van der Waals surface area contributed by atoms with E-state index in [1.807, 2.05) is 6.07 Å². The fourth-order valence-electron chi connectivity index (χ4n) is 3.28. The number of carbonyl (C=O) groups excluding carboxylic acids is 1. The van der Waals surface area contributed by atoms with Crippen molar-refractivity contribution in [2.45, 2.75) is 37.5 Å². The summed E-state index contributed by atoms with van der Waals surface area (Å²) in [5, 5.41) is 2.81. The van der Waals surface area contributed by atoms with Gasteiger partial charge in [0.25, 0.3) is 0 Å². The zero-order valence-electron chi connectivity index (χ0n) is 15.4. The van der Waals surface area contributed by atoms with Crippen LogP contribution in [0.1, 0.15) is 28.7 Å². The highest BCUT2D eigenvalue weighted by Crippen LogP contribution is 2.24. The first-order valence-corrected chi connectivity index (χ1v) is 10.1. The number of carbonyl (C=O) groups is 1. The van der Waals surface area contributed by atoms with Gasteiger partial charge in [-0.15, -0.1) is 0 Å². The summed E-state index contributed by atoms with van der Waals surface area (Å²) in [6.45, 7) is 1.74. The number of aryl methyl sites for hydroxylation is 3. The molecule has 0 saturated carbocycles. The molecule has 2 aromatic rings. The molecule has 1 amide bonds. The molecule has 1 aliphatic rings. The summed E-state index contributed by atoms with van der Waals surface area (Å²) in [7, 11) is -0.562. The van der Waals surface area contributed by atoms with Crippen molar-refractivity contribution in [2.75, 3.05) is 19.4 Å². The van der Waals surface area contributed by atoms with Gasteiger partial charge in [-0.3, -0.25) is 4.79 Å². The molecule has 0 aliphatic heterocycles. The highest BCUT2D eigenvalue weighted by Gasteiger charge is 2.20. The molecule has 0 radical (unpaired) electrons. The first kappa shape index (κ1) is 18.6. The Kier molecular flexibility index (Phi) is 5.16. The number of amides is 1. The lowest BCUT2D eigenvalue weighted by Crippen LogP contribution is -2.23. The predicted molar refractivity (Wildman–Crippen MR) is 103 cm³/mol. The van der Waals surface area contributed by atoms with Crippen LogP contribution in [0.4, 0.5) is 5.69 Å². The van der Waals surface area contributed by atoms with Gasteiger partial charge in [0.2, 0.25) is 15.9 Å². The standard InChI is InChI=1S/C20H24N2O3S/c1-14-7-10-18(13-19(14)26(24,25)22(2)3)21-20(23)12-15-8-9-16-5-4-6-17(16)11-15/h7-11,13H,4-6,12H2,1-3H3,(H,21,23). The first-order chi connectivity index (χ1) is 12.3. The van der Waals surface area contributed by atoms with E-state index in [4.69, 9.17) is 0 Å². The summed E-state index contributed by atoms with van der Waals surface area (Å²) in [5.41, 5.74) is 4.84. The summed E-state index contributed by atoms with van der Waals surface area (Å²) in [6.07, 6.45) is 3.65. The van der Waals surface area contributed by atoms with Gasteiger partial charge >= 0.3 is 0 Å². The van der Waals surface area contributed by atoms with Crippen molar-refractivity contribution in [2.24, 2.45) is 0 Å². The number of nitrogens with one attached hydrogen (secondary N) is 1. The number of hydrogen-bond acceptors (Lipinski definition) is 3. The van der Waals surface area contributed by atoms with E-state index in [2.05, 4.69) is 17.4 Å². The quantitative estimate of drug-likeness (QED) is 0.878. The Morgan fingerprint density at radius 3 is 2.54 bits per heavy atom. The van der Waals surface area contributed by atoms with E-state index in [0.717, 1.165) is 18.4 Å². The third-order valence-electron chi connectivity index (χ3n) is 4.76. The molecule has 1 aliphatic carbocycles. The Balaban J connectivity index is 1.75. The Bertz CT molecular complexity index is 950. The second-order valence-electron chi connectivity index (χ2n) is 6.95. The van der Waals surface area contributed by atoms with E-state index >= 15 is 0 Å². The van der Waals surface area contributed by atoms with Crippen molar-refractivity contribution < 1.29 is 13.2 Å². The molecule has 138 valence electrons. The predicted octanol–water partition coefficient (Wildman–Crippen LogP) is 2.92. The van der Waals surface area contributed by atoms with E-state index in [0.29, 0.717) is 11.3 Å². The third-order valence-corrected chi connectivity index (χ3v) is 6.72. The lowest BCUT2D eigenvalue weighted by molar-refractivity contribution is -0.115. The lowest BCUT2D eigenvalue weighted by atomic mass is 10.0. The van der Waals surface area contributed by atoms with Crippen LogP contribution < -0.4 is 5.32 Å². The van der Waals surface area contributed by atoms with Crippen LogP contribution in [-0.2, 0) is 34.1 Å².